The van der Waals surface area contributed by atoms with Crippen LogP contribution in [0.2, 0.25) is 0 Å². The topological polar surface area (TPSA) is 65.7 Å². The highest BCUT2D eigenvalue weighted by Crippen LogP contribution is 2.32. The molecule has 0 radical (unpaired) electrons. The number of likely N-dealkylation sites (N-methyl/N-ethyl adjacent to an activating group) is 1. The summed E-state index contributed by atoms with van der Waals surface area (Å²) in [5.41, 5.74) is 0.869. The van der Waals surface area contributed by atoms with Crippen molar-refractivity contribution >= 4 is 17.0 Å². The zero-order valence-corrected chi connectivity index (χ0v) is 12.8. The van der Waals surface area contributed by atoms with Crippen molar-refractivity contribution < 1.29 is 14.3 Å². The number of carbonyl (C=O) groups excluding carboxylic acids is 1. The summed E-state index contributed by atoms with van der Waals surface area (Å²) >= 11 is 0. The van der Waals surface area contributed by atoms with Crippen molar-refractivity contribution in [3.63, 3.8) is 0 Å². The van der Waals surface area contributed by atoms with Crippen LogP contribution in [0.3, 0.4) is 0 Å². The van der Waals surface area contributed by atoms with E-state index >= 15 is 0 Å². The van der Waals surface area contributed by atoms with Crippen molar-refractivity contribution in [2.75, 3.05) is 20.1 Å². The largest absolute Gasteiger partial charge is 0.461 e. The van der Waals surface area contributed by atoms with Crippen molar-refractivity contribution in [1.82, 2.24) is 10.2 Å². The predicted octanol–water partition coefficient (Wildman–Crippen LogP) is 2.39. The van der Waals surface area contributed by atoms with Gasteiger partial charge in [-0.1, -0.05) is 18.2 Å². The van der Waals surface area contributed by atoms with Gasteiger partial charge in [0.15, 0.2) is 0 Å². The van der Waals surface area contributed by atoms with Gasteiger partial charge in [0.25, 0.3) is 0 Å². The van der Waals surface area contributed by atoms with Crippen LogP contribution in [0, 0.1) is 5.92 Å². The first-order valence-electron chi connectivity index (χ1n) is 7.78. The van der Waals surface area contributed by atoms with E-state index in [1.165, 1.54) is 0 Å². The Hall–Kier alpha value is -2.01. The van der Waals surface area contributed by atoms with Crippen molar-refractivity contribution in [2.45, 2.75) is 25.4 Å². The number of furan rings is 1. The third-order valence-corrected chi connectivity index (χ3v) is 4.10. The summed E-state index contributed by atoms with van der Waals surface area (Å²) < 4.78 is 5.71. The van der Waals surface area contributed by atoms with E-state index in [-0.39, 0.29) is 6.03 Å². The lowest BCUT2D eigenvalue weighted by Crippen LogP contribution is -2.42. The first-order valence-corrected chi connectivity index (χ1v) is 7.78. The minimum absolute atomic E-state index is 0.157. The molecule has 5 heteroatoms. The normalized spacial score (nSPS) is 15.7. The molecule has 1 unspecified atom stereocenters. The van der Waals surface area contributed by atoms with E-state index in [1.54, 1.807) is 11.9 Å². The Balaban J connectivity index is 1.44. The van der Waals surface area contributed by atoms with Crippen molar-refractivity contribution in [3.05, 3.63) is 36.1 Å². The van der Waals surface area contributed by atoms with Crippen molar-refractivity contribution in [1.29, 1.82) is 0 Å². The lowest BCUT2D eigenvalue weighted by Gasteiger charge is -2.21. The molecule has 1 aliphatic rings. The Kier molecular flexibility index (Phi) is 4.34. The first-order chi connectivity index (χ1) is 10.6. The fraction of sp³-hybridized carbons (Fsp3) is 0.471. The Morgan fingerprint density at radius 3 is 2.95 bits per heavy atom. The predicted molar refractivity (Wildman–Crippen MR) is 84.7 cm³/mol. The number of hydrogen-bond donors (Lipinski definition) is 2. The van der Waals surface area contributed by atoms with Gasteiger partial charge in [-0.3, -0.25) is 0 Å². The highest BCUT2D eigenvalue weighted by atomic mass is 16.3. The van der Waals surface area contributed by atoms with Crippen LogP contribution < -0.4 is 5.32 Å². The summed E-state index contributed by atoms with van der Waals surface area (Å²) in [5.74, 6) is 1.24. The van der Waals surface area contributed by atoms with Gasteiger partial charge in [0, 0.05) is 31.9 Å². The van der Waals surface area contributed by atoms with Gasteiger partial charge >= 0.3 is 6.03 Å². The monoisotopic (exact) mass is 302 g/mol. The maximum Gasteiger partial charge on any atom is 0.317 e. The van der Waals surface area contributed by atoms with E-state index in [0.29, 0.717) is 25.4 Å². The molecule has 1 saturated carbocycles. The van der Waals surface area contributed by atoms with Crippen LogP contribution in [-0.4, -0.2) is 42.3 Å². The van der Waals surface area contributed by atoms with E-state index < -0.39 is 6.10 Å². The molecule has 5 nitrogen and oxygen atoms in total. The van der Waals surface area contributed by atoms with Crippen molar-refractivity contribution in [3.8, 4) is 0 Å². The number of aliphatic hydroxyl groups excluding tert-OH is 1. The molecule has 3 rings (SSSR count). The van der Waals surface area contributed by atoms with Gasteiger partial charge in [-0.25, -0.2) is 4.79 Å². The van der Waals surface area contributed by atoms with E-state index in [4.69, 9.17) is 4.42 Å². The van der Waals surface area contributed by atoms with Crippen LogP contribution in [-0.2, 0) is 6.42 Å². The number of fused-ring (bicyclic) bond motifs is 1. The molecule has 1 heterocycles. The van der Waals surface area contributed by atoms with E-state index in [1.807, 2.05) is 30.3 Å². The average molecular weight is 302 g/mol. The fourth-order valence-electron chi connectivity index (χ4n) is 2.58. The van der Waals surface area contributed by atoms with Gasteiger partial charge in [-0.05, 0) is 30.9 Å². The number of para-hydroxylation sites is 1. The second-order valence-electron chi connectivity index (χ2n) is 6.02. The number of carbonyl (C=O) groups is 1. The summed E-state index contributed by atoms with van der Waals surface area (Å²) in [6, 6.07) is 9.71. The quantitative estimate of drug-likeness (QED) is 0.861. The minimum Gasteiger partial charge on any atom is -0.461 e. The number of nitrogens with one attached hydrogen (secondary N) is 1. The molecule has 1 aromatic carbocycles. The van der Waals surface area contributed by atoms with E-state index in [9.17, 15) is 9.90 Å². The summed E-state index contributed by atoms with van der Waals surface area (Å²) in [7, 11) is 1.71. The first kappa shape index (κ1) is 14.9. The number of amides is 2. The standard InChI is InChI=1S/C17H22N2O3/c1-19(11-15(20)12-6-7-12)17(21)18-9-8-14-10-13-4-2-3-5-16(13)22-14/h2-5,10,12,15,20H,6-9,11H2,1H3,(H,18,21). The molecule has 2 N–H and O–H groups in total. The van der Waals surface area contributed by atoms with Gasteiger partial charge in [0.2, 0.25) is 0 Å². The molecule has 1 fully saturated rings. The smallest absolute Gasteiger partial charge is 0.317 e. The maximum absolute atomic E-state index is 12.0. The number of rotatable bonds is 6. The Morgan fingerprint density at radius 2 is 2.23 bits per heavy atom. The highest BCUT2D eigenvalue weighted by molar-refractivity contribution is 5.77. The zero-order chi connectivity index (χ0) is 15.5. The number of nitrogens with zero attached hydrogens (tertiary/aromatic N) is 1. The van der Waals surface area contributed by atoms with Crippen LogP contribution >= 0.6 is 0 Å². The molecule has 0 spiro atoms. The van der Waals surface area contributed by atoms with Crippen LogP contribution in [0.5, 0.6) is 0 Å². The maximum atomic E-state index is 12.0. The lowest BCUT2D eigenvalue weighted by atomic mass is 10.2. The van der Waals surface area contributed by atoms with Crippen LogP contribution in [0.1, 0.15) is 18.6 Å². The van der Waals surface area contributed by atoms with Crippen LogP contribution in [0.4, 0.5) is 4.79 Å². The molecule has 1 atom stereocenters. The second kappa shape index (κ2) is 6.40. The Bertz CT molecular complexity index is 615. The molecule has 0 aliphatic heterocycles. The molecular formula is C17H22N2O3. The molecule has 22 heavy (non-hydrogen) atoms. The third kappa shape index (κ3) is 3.60. The van der Waals surface area contributed by atoms with Gasteiger partial charge in [0.05, 0.1) is 6.10 Å². The van der Waals surface area contributed by atoms with Crippen LogP contribution in [0.25, 0.3) is 11.0 Å². The SMILES string of the molecule is CN(CC(O)C1CC1)C(=O)NCCc1cc2ccccc2o1. The van der Waals surface area contributed by atoms with Gasteiger partial charge in [-0.15, -0.1) is 0 Å². The Labute approximate surface area is 129 Å². The summed E-state index contributed by atoms with van der Waals surface area (Å²) in [6.07, 6.45) is 2.40. The summed E-state index contributed by atoms with van der Waals surface area (Å²) in [4.78, 5) is 13.5. The zero-order valence-electron chi connectivity index (χ0n) is 12.8. The van der Waals surface area contributed by atoms with E-state index in [0.717, 1.165) is 29.6 Å². The molecule has 1 aromatic heterocycles. The van der Waals surface area contributed by atoms with Crippen LogP contribution in [0.15, 0.2) is 34.7 Å². The second-order valence-corrected chi connectivity index (χ2v) is 6.02. The molecule has 0 bridgehead atoms. The third-order valence-electron chi connectivity index (χ3n) is 4.10. The van der Waals surface area contributed by atoms with Gasteiger partial charge in [0.1, 0.15) is 11.3 Å². The fourth-order valence-corrected chi connectivity index (χ4v) is 2.58. The molecule has 1 aliphatic carbocycles. The molecule has 0 saturated heterocycles. The number of urea groups is 1. The summed E-state index contributed by atoms with van der Waals surface area (Å²) in [5, 5.41) is 13.8. The van der Waals surface area contributed by atoms with Crippen molar-refractivity contribution in [2.24, 2.45) is 5.92 Å². The number of hydrogen-bond acceptors (Lipinski definition) is 3. The van der Waals surface area contributed by atoms with Gasteiger partial charge < -0.3 is 19.7 Å². The summed E-state index contributed by atoms with van der Waals surface area (Å²) in [6.45, 7) is 0.906. The number of benzene rings is 1. The lowest BCUT2D eigenvalue weighted by molar-refractivity contribution is 0.113. The van der Waals surface area contributed by atoms with Gasteiger partial charge in [-0.2, -0.15) is 0 Å². The molecule has 118 valence electrons. The highest BCUT2D eigenvalue weighted by Gasteiger charge is 2.31. The Morgan fingerprint density at radius 1 is 1.45 bits per heavy atom. The average Bonchev–Trinajstić information content (AvgIpc) is 3.27. The number of aliphatic hydroxyl groups is 1. The molecule has 2 amide bonds. The molecular weight excluding hydrogens is 280 g/mol. The van der Waals surface area contributed by atoms with E-state index in [2.05, 4.69) is 5.32 Å². The molecule has 2 aromatic rings. The minimum atomic E-state index is -0.397.